The molecule has 0 amide bonds. The van der Waals surface area contributed by atoms with Crippen LogP contribution in [-0.2, 0) is 4.74 Å². The second-order valence-corrected chi connectivity index (χ2v) is 5.77. The van der Waals surface area contributed by atoms with Crippen molar-refractivity contribution in [2.24, 2.45) is 0 Å². The standard InChI is InChI=1S/C15H28F3NO/c1-19-13-10-8-6-4-2-3-5-7-9-11-14(13)20-12-15(16,17)18/h13-14,19H,2-12H2,1H3. The van der Waals surface area contributed by atoms with Crippen LogP contribution in [0.15, 0.2) is 0 Å². The minimum atomic E-state index is -4.23. The Morgan fingerprint density at radius 2 is 1.40 bits per heavy atom. The third-order valence-corrected chi connectivity index (χ3v) is 4.03. The lowest BCUT2D eigenvalue weighted by Gasteiger charge is -2.28. The summed E-state index contributed by atoms with van der Waals surface area (Å²) in [5.41, 5.74) is 0. The SMILES string of the molecule is CNC1CCCCCCCCCCC1OCC(F)(F)F. The number of hydrogen-bond acceptors (Lipinski definition) is 2. The summed E-state index contributed by atoms with van der Waals surface area (Å²) >= 11 is 0. The molecule has 2 unspecified atom stereocenters. The number of rotatable bonds is 3. The molecule has 1 fully saturated rings. The van der Waals surface area contributed by atoms with Gasteiger partial charge in [0, 0.05) is 6.04 Å². The van der Waals surface area contributed by atoms with E-state index < -0.39 is 12.8 Å². The van der Waals surface area contributed by atoms with Crippen LogP contribution < -0.4 is 5.32 Å². The van der Waals surface area contributed by atoms with Gasteiger partial charge in [-0.2, -0.15) is 13.2 Å². The van der Waals surface area contributed by atoms with Gasteiger partial charge in [0.25, 0.3) is 0 Å². The predicted molar refractivity (Wildman–Crippen MR) is 74.8 cm³/mol. The predicted octanol–water partition coefficient (Wildman–Crippen LogP) is 4.44. The normalized spacial score (nSPS) is 27.6. The highest BCUT2D eigenvalue weighted by Gasteiger charge is 2.31. The molecule has 1 saturated carbocycles. The third kappa shape index (κ3) is 8.10. The van der Waals surface area contributed by atoms with Gasteiger partial charge in [0.15, 0.2) is 0 Å². The molecular weight excluding hydrogens is 267 g/mol. The van der Waals surface area contributed by atoms with Crippen molar-refractivity contribution in [3.63, 3.8) is 0 Å². The Bertz CT molecular complexity index is 246. The highest BCUT2D eigenvalue weighted by atomic mass is 19.4. The average molecular weight is 295 g/mol. The molecule has 1 N–H and O–H groups in total. The van der Waals surface area contributed by atoms with Gasteiger partial charge in [0.1, 0.15) is 6.61 Å². The summed E-state index contributed by atoms with van der Waals surface area (Å²) < 4.78 is 42.2. The molecule has 0 heterocycles. The second kappa shape index (κ2) is 9.61. The molecule has 0 aromatic rings. The topological polar surface area (TPSA) is 21.3 Å². The summed E-state index contributed by atoms with van der Waals surface area (Å²) in [4.78, 5) is 0. The molecule has 0 aliphatic heterocycles. The van der Waals surface area contributed by atoms with E-state index in [1.807, 2.05) is 7.05 Å². The van der Waals surface area contributed by atoms with Gasteiger partial charge >= 0.3 is 6.18 Å². The van der Waals surface area contributed by atoms with Crippen molar-refractivity contribution in [3.05, 3.63) is 0 Å². The van der Waals surface area contributed by atoms with Crippen LogP contribution in [0.5, 0.6) is 0 Å². The molecule has 120 valence electrons. The zero-order valence-electron chi connectivity index (χ0n) is 12.5. The number of ether oxygens (including phenoxy) is 1. The summed E-state index contributed by atoms with van der Waals surface area (Å²) in [7, 11) is 1.82. The van der Waals surface area contributed by atoms with Crippen molar-refractivity contribution in [3.8, 4) is 0 Å². The van der Waals surface area contributed by atoms with Gasteiger partial charge in [-0.1, -0.05) is 51.4 Å². The maximum Gasteiger partial charge on any atom is 0.411 e. The smallest absolute Gasteiger partial charge is 0.367 e. The number of hydrogen-bond donors (Lipinski definition) is 1. The molecule has 0 bridgehead atoms. The molecule has 1 aliphatic rings. The van der Waals surface area contributed by atoms with E-state index in [0.29, 0.717) is 0 Å². The van der Waals surface area contributed by atoms with Crippen LogP contribution in [0.3, 0.4) is 0 Å². The molecule has 1 rings (SSSR count). The summed E-state index contributed by atoms with van der Waals surface area (Å²) in [5, 5.41) is 3.15. The van der Waals surface area contributed by atoms with E-state index in [4.69, 9.17) is 4.74 Å². The lowest BCUT2D eigenvalue weighted by atomic mass is 9.96. The first-order valence-electron chi connectivity index (χ1n) is 7.88. The van der Waals surface area contributed by atoms with Crippen molar-refractivity contribution < 1.29 is 17.9 Å². The van der Waals surface area contributed by atoms with Crippen LogP contribution in [0.4, 0.5) is 13.2 Å². The van der Waals surface area contributed by atoms with Crippen LogP contribution in [0.1, 0.15) is 64.2 Å². The lowest BCUT2D eigenvalue weighted by Crippen LogP contribution is -2.41. The van der Waals surface area contributed by atoms with Crippen molar-refractivity contribution in [1.29, 1.82) is 0 Å². The van der Waals surface area contributed by atoms with Crippen molar-refractivity contribution in [1.82, 2.24) is 5.32 Å². The fraction of sp³-hybridized carbons (Fsp3) is 1.00. The molecular formula is C15H28F3NO. The Labute approximate surface area is 120 Å². The first-order chi connectivity index (χ1) is 9.53. The molecule has 2 atom stereocenters. The second-order valence-electron chi connectivity index (χ2n) is 5.77. The molecule has 2 nitrogen and oxygen atoms in total. The van der Waals surface area contributed by atoms with E-state index >= 15 is 0 Å². The molecule has 0 spiro atoms. The Morgan fingerprint density at radius 1 is 0.900 bits per heavy atom. The van der Waals surface area contributed by atoms with Crippen LogP contribution in [0.25, 0.3) is 0 Å². The maximum atomic E-state index is 12.3. The summed E-state index contributed by atoms with van der Waals surface area (Å²) in [5.74, 6) is 0. The van der Waals surface area contributed by atoms with Gasteiger partial charge < -0.3 is 10.1 Å². The Balaban J connectivity index is 2.51. The van der Waals surface area contributed by atoms with Gasteiger partial charge in [0.05, 0.1) is 6.10 Å². The summed E-state index contributed by atoms with van der Waals surface area (Å²) in [6, 6.07) is 0.0387. The largest absolute Gasteiger partial charge is 0.411 e. The van der Waals surface area contributed by atoms with Gasteiger partial charge in [-0.05, 0) is 19.9 Å². The molecule has 0 aromatic heterocycles. The molecule has 5 heteroatoms. The number of alkyl halides is 3. The summed E-state index contributed by atoms with van der Waals surface area (Å²) in [6.07, 6.45) is 6.34. The highest BCUT2D eigenvalue weighted by Crippen LogP contribution is 2.22. The van der Waals surface area contributed by atoms with E-state index in [9.17, 15) is 13.2 Å². The number of likely N-dealkylation sites (N-methyl/N-ethyl adjacent to an activating group) is 1. The molecule has 1 aliphatic carbocycles. The Kier molecular flexibility index (Phi) is 8.53. The molecule has 0 saturated heterocycles. The van der Waals surface area contributed by atoms with Crippen molar-refractivity contribution in [2.75, 3.05) is 13.7 Å². The Morgan fingerprint density at radius 3 is 1.90 bits per heavy atom. The lowest BCUT2D eigenvalue weighted by molar-refractivity contribution is -0.189. The first kappa shape index (κ1) is 17.8. The molecule has 0 aromatic carbocycles. The van der Waals surface area contributed by atoms with Crippen molar-refractivity contribution in [2.45, 2.75) is 82.5 Å². The highest BCUT2D eigenvalue weighted by molar-refractivity contribution is 4.77. The maximum absolute atomic E-state index is 12.3. The number of halogens is 3. The van der Waals surface area contributed by atoms with E-state index in [-0.39, 0.29) is 12.1 Å². The van der Waals surface area contributed by atoms with Crippen LogP contribution in [-0.4, -0.2) is 32.0 Å². The minimum absolute atomic E-state index is 0.0387. The van der Waals surface area contributed by atoms with E-state index in [2.05, 4.69) is 5.32 Å². The zero-order valence-corrected chi connectivity index (χ0v) is 12.5. The fourth-order valence-electron chi connectivity index (χ4n) is 2.89. The average Bonchev–Trinajstić information content (AvgIpc) is 2.37. The molecule has 20 heavy (non-hydrogen) atoms. The minimum Gasteiger partial charge on any atom is -0.367 e. The van der Waals surface area contributed by atoms with Gasteiger partial charge in [-0.15, -0.1) is 0 Å². The molecule has 0 radical (unpaired) electrons. The monoisotopic (exact) mass is 295 g/mol. The van der Waals surface area contributed by atoms with Gasteiger partial charge in [-0.3, -0.25) is 0 Å². The van der Waals surface area contributed by atoms with Crippen LogP contribution in [0.2, 0.25) is 0 Å². The van der Waals surface area contributed by atoms with E-state index in [0.717, 1.165) is 32.1 Å². The van der Waals surface area contributed by atoms with Gasteiger partial charge in [0.2, 0.25) is 0 Å². The Hall–Kier alpha value is -0.290. The summed E-state index contributed by atoms with van der Waals surface area (Å²) in [6.45, 7) is -1.13. The third-order valence-electron chi connectivity index (χ3n) is 4.03. The quantitative estimate of drug-likeness (QED) is 0.831. The van der Waals surface area contributed by atoms with Crippen LogP contribution in [0, 0.1) is 0 Å². The van der Waals surface area contributed by atoms with Crippen LogP contribution >= 0.6 is 0 Å². The first-order valence-corrected chi connectivity index (χ1v) is 7.88. The van der Waals surface area contributed by atoms with E-state index in [1.165, 1.54) is 32.1 Å². The van der Waals surface area contributed by atoms with Gasteiger partial charge in [-0.25, -0.2) is 0 Å². The zero-order chi connectivity index (χ0) is 14.8. The fourth-order valence-corrected chi connectivity index (χ4v) is 2.89. The van der Waals surface area contributed by atoms with E-state index in [1.54, 1.807) is 0 Å². The van der Waals surface area contributed by atoms with Crippen molar-refractivity contribution >= 4 is 0 Å². The number of nitrogens with one attached hydrogen (secondary N) is 1.